The zero-order chi connectivity index (χ0) is 19.1. The van der Waals surface area contributed by atoms with Crippen molar-refractivity contribution in [1.29, 1.82) is 0 Å². The first-order valence-electron chi connectivity index (χ1n) is 8.16. The average Bonchev–Trinajstić information content (AvgIpc) is 3.43. The van der Waals surface area contributed by atoms with E-state index in [0.717, 1.165) is 18.9 Å². The number of carbonyl (C=O) groups excluding carboxylic acids is 2. The van der Waals surface area contributed by atoms with Crippen LogP contribution in [0.4, 0.5) is 8.78 Å². The van der Waals surface area contributed by atoms with Crippen LogP contribution < -0.4 is 14.8 Å². The van der Waals surface area contributed by atoms with Gasteiger partial charge in [-0.25, -0.2) is 4.79 Å². The summed E-state index contributed by atoms with van der Waals surface area (Å²) in [5, 5.41) is 2.78. The van der Waals surface area contributed by atoms with Gasteiger partial charge in [-0.2, -0.15) is 8.78 Å². The molecule has 0 bridgehead atoms. The second-order valence-corrected chi connectivity index (χ2v) is 5.92. The van der Waals surface area contributed by atoms with Crippen molar-refractivity contribution in [2.75, 3.05) is 13.7 Å². The topological polar surface area (TPSA) is 73.9 Å². The fourth-order valence-electron chi connectivity index (χ4n) is 2.34. The number of ether oxygens (including phenoxy) is 3. The third-order valence-electron chi connectivity index (χ3n) is 3.88. The fourth-order valence-corrected chi connectivity index (χ4v) is 2.34. The van der Waals surface area contributed by atoms with Crippen LogP contribution in [0.25, 0.3) is 6.08 Å². The van der Waals surface area contributed by atoms with E-state index in [0.29, 0.717) is 11.5 Å². The molecule has 1 saturated carbocycles. The summed E-state index contributed by atoms with van der Waals surface area (Å²) in [7, 11) is 1.32. The standard InChI is InChI=1S/C18H21F2NO5/c1-11(13-5-6-13)21-16(22)10-25-17(23)8-4-12-3-7-14(26-18(19)20)15(9-12)24-2/h3-4,7-9,11,13,18H,5-6,10H2,1-2H3,(H,21,22)/b8-4+/t11-/m1/s1. The molecule has 1 aromatic carbocycles. The van der Waals surface area contributed by atoms with Gasteiger partial charge in [0.25, 0.3) is 5.91 Å². The molecule has 0 radical (unpaired) electrons. The number of carbonyl (C=O) groups is 2. The van der Waals surface area contributed by atoms with Crippen LogP contribution in [0, 0.1) is 5.92 Å². The highest BCUT2D eigenvalue weighted by atomic mass is 19.3. The number of amides is 1. The minimum absolute atomic E-state index is 0.0816. The van der Waals surface area contributed by atoms with Gasteiger partial charge in [0.1, 0.15) is 0 Å². The molecule has 0 spiro atoms. The lowest BCUT2D eigenvalue weighted by atomic mass is 10.2. The van der Waals surface area contributed by atoms with Crippen molar-refractivity contribution in [3.63, 3.8) is 0 Å². The molecule has 1 atom stereocenters. The van der Waals surface area contributed by atoms with Crippen LogP contribution in [0.3, 0.4) is 0 Å². The summed E-state index contributed by atoms with van der Waals surface area (Å²) < 4.78 is 38.7. The van der Waals surface area contributed by atoms with E-state index in [1.54, 1.807) is 0 Å². The zero-order valence-electron chi connectivity index (χ0n) is 14.5. The van der Waals surface area contributed by atoms with Gasteiger partial charge in [-0.15, -0.1) is 0 Å². The first-order valence-corrected chi connectivity index (χ1v) is 8.16. The second kappa shape index (κ2) is 9.17. The molecule has 26 heavy (non-hydrogen) atoms. The Labute approximate surface area is 150 Å². The van der Waals surface area contributed by atoms with Gasteiger partial charge < -0.3 is 19.5 Å². The Morgan fingerprint density at radius 3 is 2.65 bits per heavy atom. The minimum Gasteiger partial charge on any atom is -0.493 e. The van der Waals surface area contributed by atoms with Crippen molar-refractivity contribution in [3.05, 3.63) is 29.8 Å². The molecule has 0 aromatic heterocycles. The summed E-state index contributed by atoms with van der Waals surface area (Å²) in [6.45, 7) is -1.40. The number of hydrogen-bond donors (Lipinski definition) is 1. The van der Waals surface area contributed by atoms with E-state index in [9.17, 15) is 18.4 Å². The molecule has 2 rings (SSSR count). The van der Waals surface area contributed by atoms with Crippen LogP contribution in [0.1, 0.15) is 25.3 Å². The Kier molecular flexibility index (Phi) is 6.94. The largest absolute Gasteiger partial charge is 0.493 e. The molecule has 1 N–H and O–H groups in total. The smallest absolute Gasteiger partial charge is 0.387 e. The molecular weight excluding hydrogens is 348 g/mol. The second-order valence-electron chi connectivity index (χ2n) is 5.92. The van der Waals surface area contributed by atoms with Gasteiger partial charge in [0, 0.05) is 12.1 Å². The summed E-state index contributed by atoms with van der Waals surface area (Å²) in [5.41, 5.74) is 0.521. The number of hydrogen-bond acceptors (Lipinski definition) is 5. The van der Waals surface area contributed by atoms with Crippen LogP contribution in [-0.4, -0.2) is 38.2 Å². The molecule has 1 amide bonds. The summed E-state index contributed by atoms with van der Waals surface area (Å²) in [4.78, 5) is 23.3. The normalized spacial score (nSPS) is 15.0. The Bertz CT molecular complexity index is 674. The van der Waals surface area contributed by atoms with Crippen LogP contribution >= 0.6 is 0 Å². The van der Waals surface area contributed by atoms with Crippen molar-refractivity contribution in [1.82, 2.24) is 5.32 Å². The molecule has 1 aliphatic rings. The molecule has 0 saturated heterocycles. The summed E-state index contributed by atoms with van der Waals surface area (Å²) in [6, 6.07) is 4.31. The average molecular weight is 369 g/mol. The maximum Gasteiger partial charge on any atom is 0.387 e. The molecule has 1 aromatic rings. The number of methoxy groups -OCH3 is 1. The van der Waals surface area contributed by atoms with Gasteiger partial charge in [0.15, 0.2) is 18.1 Å². The summed E-state index contributed by atoms with van der Waals surface area (Å²) >= 11 is 0. The lowest BCUT2D eigenvalue weighted by molar-refractivity contribution is -0.144. The van der Waals surface area contributed by atoms with Gasteiger partial charge in [-0.1, -0.05) is 6.07 Å². The molecule has 0 heterocycles. The van der Waals surface area contributed by atoms with E-state index >= 15 is 0 Å². The molecule has 0 unspecified atom stereocenters. The van der Waals surface area contributed by atoms with E-state index in [1.807, 2.05) is 6.92 Å². The SMILES string of the molecule is COc1cc(/C=C/C(=O)OCC(=O)N[C@H](C)C2CC2)ccc1OC(F)F. The van der Waals surface area contributed by atoms with Crippen molar-refractivity contribution in [2.45, 2.75) is 32.4 Å². The van der Waals surface area contributed by atoms with Crippen LogP contribution in [0.15, 0.2) is 24.3 Å². The maximum absolute atomic E-state index is 12.3. The third kappa shape index (κ3) is 6.34. The minimum atomic E-state index is -2.96. The molecule has 8 heteroatoms. The molecule has 1 aliphatic carbocycles. The number of esters is 1. The Morgan fingerprint density at radius 1 is 1.31 bits per heavy atom. The predicted octanol–water partition coefficient (Wildman–Crippen LogP) is 2.77. The van der Waals surface area contributed by atoms with Crippen molar-refractivity contribution in [2.24, 2.45) is 5.92 Å². The van der Waals surface area contributed by atoms with E-state index in [-0.39, 0.29) is 30.1 Å². The third-order valence-corrected chi connectivity index (χ3v) is 3.88. The monoisotopic (exact) mass is 369 g/mol. The quantitative estimate of drug-likeness (QED) is 0.535. The van der Waals surface area contributed by atoms with Crippen molar-refractivity contribution in [3.8, 4) is 11.5 Å². The molecule has 6 nitrogen and oxygen atoms in total. The first kappa shape index (κ1) is 19.7. The Hall–Kier alpha value is -2.64. The predicted molar refractivity (Wildman–Crippen MR) is 89.9 cm³/mol. The summed E-state index contributed by atoms with van der Waals surface area (Å²) in [5.74, 6) is -0.521. The van der Waals surface area contributed by atoms with E-state index < -0.39 is 12.6 Å². The highest BCUT2D eigenvalue weighted by molar-refractivity contribution is 5.89. The van der Waals surface area contributed by atoms with E-state index in [2.05, 4.69) is 10.1 Å². The van der Waals surface area contributed by atoms with Gasteiger partial charge in [-0.3, -0.25) is 4.79 Å². The molecular formula is C18H21F2NO5. The van der Waals surface area contributed by atoms with Crippen LogP contribution in [0.2, 0.25) is 0 Å². The lowest BCUT2D eigenvalue weighted by Crippen LogP contribution is -2.36. The Balaban J connectivity index is 1.83. The maximum atomic E-state index is 12.3. The molecule has 142 valence electrons. The van der Waals surface area contributed by atoms with Crippen molar-refractivity contribution < 1.29 is 32.6 Å². The number of alkyl halides is 2. The lowest BCUT2D eigenvalue weighted by Gasteiger charge is -2.12. The molecule has 0 aliphatic heterocycles. The van der Waals surface area contributed by atoms with Crippen molar-refractivity contribution >= 4 is 18.0 Å². The first-order chi connectivity index (χ1) is 12.4. The van der Waals surface area contributed by atoms with Gasteiger partial charge in [-0.05, 0) is 49.5 Å². The van der Waals surface area contributed by atoms with Gasteiger partial charge in [0.05, 0.1) is 7.11 Å². The highest BCUT2D eigenvalue weighted by Gasteiger charge is 2.28. The van der Waals surface area contributed by atoms with E-state index in [1.165, 1.54) is 31.4 Å². The molecule has 1 fully saturated rings. The highest BCUT2D eigenvalue weighted by Crippen LogP contribution is 2.32. The zero-order valence-corrected chi connectivity index (χ0v) is 14.5. The number of rotatable bonds is 9. The summed E-state index contributed by atoms with van der Waals surface area (Å²) in [6.07, 6.45) is 4.77. The fraction of sp³-hybridized carbons (Fsp3) is 0.444. The Morgan fingerprint density at radius 2 is 2.04 bits per heavy atom. The van der Waals surface area contributed by atoms with Gasteiger partial charge >= 0.3 is 12.6 Å². The van der Waals surface area contributed by atoms with Gasteiger partial charge in [0.2, 0.25) is 0 Å². The van der Waals surface area contributed by atoms with Crippen LogP contribution in [-0.2, 0) is 14.3 Å². The number of nitrogens with one attached hydrogen (secondary N) is 1. The van der Waals surface area contributed by atoms with Crippen LogP contribution in [0.5, 0.6) is 11.5 Å². The number of benzene rings is 1. The van der Waals surface area contributed by atoms with E-state index in [4.69, 9.17) is 9.47 Å². The number of halogens is 2.